The summed E-state index contributed by atoms with van der Waals surface area (Å²) in [6.45, 7) is 0.305. The van der Waals surface area contributed by atoms with Crippen LogP contribution in [0.4, 0.5) is 13.2 Å². The molecule has 110 valence electrons. The number of rotatable bonds is 2. The molecule has 0 saturated carbocycles. The van der Waals surface area contributed by atoms with Crippen LogP contribution >= 0.6 is 24.8 Å². The van der Waals surface area contributed by atoms with Crippen molar-refractivity contribution in [2.75, 3.05) is 0 Å². The van der Waals surface area contributed by atoms with Gasteiger partial charge in [0.2, 0.25) is 0 Å². The summed E-state index contributed by atoms with van der Waals surface area (Å²) in [5, 5.41) is 0. The minimum absolute atomic E-state index is 0. The number of hydrogen-bond donors (Lipinski definition) is 1. The number of pyridine rings is 1. The van der Waals surface area contributed by atoms with Gasteiger partial charge < -0.3 is 5.73 Å². The average Bonchev–Trinajstić information content (AvgIpc) is 2.38. The van der Waals surface area contributed by atoms with Crippen LogP contribution in [0, 0.1) is 0 Å². The van der Waals surface area contributed by atoms with Crippen LogP contribution < -0.4 is 5.73 Å². The molecule has 7 heteroatoms. The van der Waals surface area contributed by atoms with E-state index in [-0.39, 0.29) is 24.8 Å². The van der Waals surface area contributed by atoms with Crippen molar-refractivity contribution in [1.82, 2.24) is 4.98 Å². The molecule has 0 bridgehead atoms. The zero-order valence-electron chi connectivity index (χ0n) is 10.2. The monoisotopic (exact) mass is 324 g/mol. The molecule has 0 aliphatic heterocycles. The maximum atomic E-state index is 12.6. The Labute approximate surface area is 127 Å². The molecule has 2 nitrogen and oxygen atoms in total. The number of hydrogen-bond acceptors (Lipinski definition) is 2. The average molecular weight is 325 g/mol. The van der Waals surface area contributed by atoms with Gasteiger partial charge in [-0.2, -0.15) is 13.2 Å². The minimum Gasteiger partial charge on any atom is -0.326 e. The normalized spacial score (nSPS) is 10.4. The Kier molecular flexibility index (Phi) is 6.99. The van der Waals surface area contributed by atoms with E-state index in [1.165, 1.54) is 12.3 Å². The number of nitrogens with zero attached hydrogens (tertiary/aromatic N) is 1. The molecule has 0 spiro atoms. The lowest BCUT2D eigenvalue weighted by Gasteiger charge is -2.09. The predicted octanol–water partition coefficient (Wildman–Crippen LogP) is 4.07. The van der Waals surface area contributed by atoms with Gasteiger partial charge in [0, 0.05) is 24.5 Å². The Morgan fingerprint density at radius 1 is 1.00 bits per heavy atom. The van der Waals surface area contributed by atoms with E-state index < -0.39 is 11.7 Å². The molecule has 2 aromatic rings. The Morgan fingerprint density at radius 3 is 2.30 bits per heavy atom. The first-order valence-corrected chi connectivity index (χ1v) is 5.32. The van der Waals surface area contributed by atoms with Crippen molar-refractivity contribution in [2.45, 2.75) is 12.7 Å². The van der Waals surface area contributed by atoms with Crippen LogP contribution in [-0.2, 0) is 12.7 Å². The summed E-state index contributed by atoms with van der Waals surface area (Å²) in [6.07, 6.45) is -1.22. The van der Waals surface area contributed by atoms with Crippen LogP contribution in [0.3, 0.4) is 0 Å². The van der Waals surface area contributed by atoms with Crippen molar-refractivity contribution in [3.8, 4) is 11.1 Å². The fourth-order valence-electron chi connectivity index (χ4n) is 1.63. The van der Waals surface area contributed by atoms with E-state index in [0.29, 0.717) is 17.7 Å². The highest BCUT2D eigenvalue weighted by molar-refractivity contribution is 5.85. The SMILES string of the molecule is Cl.Cl.NCc1cncc(-c2cccc(C(F)(F)F)c2)c1. The van der Waals surface area contributed by atoms with Gasteiger partial charge >= 0.3 is 6.18 Å². The Hall–Kier alpha value is -1.30. The van der Waals surface area contributed by atoms with E-state index in [4.69, 9.17) is 5.73 Å². The molecule has 1 aromatic heterocycles. The first-order valence-electron chi connectivity index (χ1n) is 5.32. The van der Waals surface area contributed by atoms with Gasteiger partial charge in [-0.1, -0.05) is 12.1 Å². The summed E-state index contributed by atoms with van der Waals surface area (Å²) in [7, 11) is 0. The molecule has 0 aliphatic carbocycles. The topological polar surface area (TPSA) is 38.9 Å². The van der Waals surface area contributed by atoms with Crippen LogP contribution in [0.5, 0.6) is 0 Å². The molecule has 20 heavy (non-hydrogen) atoms. The molecule has 2 N–H and O–H groups in total. The molecule has 2 rings (SSSR count). The molecule has 1 heterocycles. The summed E-state index contributed by atoms with van der Waals surface area (Å²) in [6, 6.07) is 6.89. The van der Waals surface area contributed by atoms with Gasteiger partial charge in [-0.3, -0.25) is 4.98 Å². The standard InChI is InChI=1S/C13H11F3N2.2ClH/c14-13(15,16)12-3-1-2-10(5-12)11-4-9(6-17)7-18-8-11;;/h1-5,7-8H,6,17H2;2*1H. The summed E-state index contributed by atoms with van der Waals surface area (Å²) < 4.78 is 37.8. The largest absolute Gasteiger partial charge is 0.416 e. The zero-order valence-corrected chi connectivity index (χ0v) is 11.9. The van der Waals surface area contributed by atoms with E-state index >= 15 is 0 Å². The molecule has 0 aliphatic rings. The highest BCUT2D eigenvalue weighted by Gasteiger charge is 2.30. The summed E-state index contributed by atoms with van der Waals surface area (Å²) in [5.41, 5.74) is 6.70. The number of benzene rings is 1. The molecule has 1 aromatic carbocycles. The first kappa shape index (κ1) is 18.7. The molecule has 0 amide bonds. The summed E-state index contributed by atoms with van der Waals surface area (Å²) in [5.74, 6) is 0. The van der Waals surface area contributed by atoms with E-state index in [1.54, 1.807) is 18.3 Å². The quantitative estimate of drug-likeness (QED) is 0.904. The second-order valence-corrected chi connectivity index (χ2v) is 3.86. The van der Waals surface area contributed by atoms with Crippen LogP contribution in [0.15, 0.2) is 42.7 Å². The van der Waals surface area contributed by atoms with Crippen LogP contribution in [-0.4, -0.2) is 4.98 Å². The lowest BCUT2D eigenvalue weighted by atomic mass is 10.0. The van der Waals surface area contributed by atoms with Gasteiger partial charge in [0.1, 0.15) is 0 Å². The van der Waals surface area contributed by atoms with E-state index in [9.17, 15) is 13.2 Å². The summed E-state index contributed by atoms with van der Waals surface area (Å²) >= 11 is 0. The lowest BCUT2D eigenvalue weighted by molar-refractivity contribution is -0.137. The van der Waals surface area contributed by atoms with E-state index in [1.807, 2.05) is 0 Å². The second kappa shape index (κ2) is 7.47. The molecule has 0 unspecified atom stereocenters. The van der Waals surface area contributed by atoms with E-state index in [0.717, 1.165) is 17.7 Å². The number of nitrogens with two attached hydrogens (primary N) is 1. The van der Waals surface area contributed by atoms with E-state index in [2.05, 4.69) is 4.98 Å². The summed E-state index contributed by atoms with van der Waals surface area (Å²) in [4.78, 5) is 3.96. The Morgan fingerprint density at radius 2 is 1.70 bits per heavy atom. The van der Waals surface area contributed by atoms with Gasteiger partial charge in [0.15, 0.2) is 0 Å². The fraction of sp³-hybridized carbons (Fsp3) is 0.154. The molecular weight excluding hydrogens is 312 g/mol. The maximum absolute atomic E-state index is 12.6. The number of alkyl halides is 3. The zero-order chi connectivity index (χ0) is 13.2. The van der Waals surface area contributed by atoms with Crippen molar-refractivity contribution < 1.29 is 13.2 Å². The van der Waals surface area contributed by atoms with Crippen LogP contribution in [0.1, 0.15) is 11.1 Å². The molecule has 0 radical (unpaired) electrons. The highest BCUT2D eigenvalue weighted by atomic mass is 35.5. The van der Waals surface area contributed by atoms with Gasteiger partial charge in [0.25, 0.3) is 0 Å². The van der Waals surface area contributed by atoms with Crippen molar-refractivity contribution in [3.63, 3.8) is 0 Å². The van der Waals surface area contributed by atoms with Crippen molar-refractivity contribution in [3.05, 3.63) is 53.9 Å². The number of aromatic nitrogens is 1. The molecular formula is C13H13Cl2F3N2. The Balaban J connectivity index is 0.00000180. The highest BCUT2D eigenvalue weighted by Crippen LogP contribution is 2.32. The van der Waals surface area contributed by atoms with Gasteiger partial charge in [-0.05, 0) is 29.3 Å². The van der Waals surface area contributed by atoms with Gasteiger partial charge in [0.05, 0.1) is 5.56 Å². The van der Waals surface area contributed by atoms with Crippen LogP contribution in [0.2, 0.25) is 0 Å². The lowest BCUT2D eigenvalue weighted by Crippen LogP contribution is -2.04. The van der Waals surface area contributed by atoms with Gasteiger partial charge in [-0.25, -0.2) is 0 Å². The van der Waals surface area contributed by atoms with Crippen LogP contribution in [0.25, 0.3) is 11.1 Å². The number of halogens is 5. The third kappa shape index (κ3) is 4.37. The molecule has 0 fully saturated rings. The molecule has 0 atom stereocenters. The third-order valence-electron chi connectivity index (χ3n) is 2.55. The van der Waals surface area contributed by atoms with Gasteiger partial charge in [-0.15, -0.1) is 24.8 Å². The minimum atomic E-state index is -4.34. The maximum Gasteiger partial charge on any atom is 0.416 e. The smallest absolute Gasteiger partial charge is 0.326 e. The predicted molar refractivity (Wildman–Crippen MR) is 77.1 cm³/mol. The fourth-order valence-corrected chi connectivity index (χ4v) is 1.63. The van der Waals surface area contributed by atoms with Crippen molar-refractivity contribution in [1.29, 1.82) is 0 Å². The second-order valence-electron chi connectivity index (χ2n) is 3.86. The molecule has 0 saturated heterocycles. The first-order chi connectivity index (χ1) is 8.50. The third-order valence-corrected chi connectivity index (χ3v) is 2.55. The van der Waals surface area contributed by atoms with Crippen molar-refractivity contribution in [2.24, 2.45) is 5.73 Å². The Bertz CT molecular complexity index is 559. The van der Waals surface area contributed by atoms with Crippen molar-refractivity contribution >= 4 is 24.8 Å².